The molecule has 1 saturated heterocycles. The van der Waals surface area contributed by atoms with Gasteiger partial charge >= 0.3 is 0 Å². The first-order chi connectivity index (χ1) is 9.54. The molecule has 1 N–H and O–H groups in total. The van der Waals surface area contributed by atoms with Gasteiger partial charge in [0.05, 0.1) is 10.4 Å². The SMILES string of the molecule is Cc1cccc2cc(C=C3SC(=O)NC3=S)c(Cl)nc12. The van der Waals surface area contributed by atoms with Gasteiger partial charge in [0, 0.05) is 10.9 Å². The van der Waals surface area contributed by atoms with Crippen LogP contribution in [0.3, 0.4) is 0 Å². The highest BCUT2D eigenvalue weighted by Crippen LogP contribution is 2.30. The van der Waals surface area contributed by atoms with Gasteiger partial charge in [0.1, 0.15) is 10.1 Å². The molecule has 1 fully saturated rings. The van der Waals surface area contributed by atoms with Gasteiger partial charge in [-0.15, -0.1) is 0 Å². The van der Waals surface area contributed by atoms with Gasteiger partial charge < -0.3 is 5.32 Å². The third-order valence-corrected chi connectivity index (χ3v) is 4.54. The fourth-order valence-electron chi connectivity index (χ4n) is 2.00. The Morgan fingerprint density at radius 1 is 1.45 bits per heavy atom. The zero-order valence-electron chi connectivity index (χ0n) is 10.4. The molecule has 0 radical (unpaired) electrons. The Morgan fingerprint density at radius 2 is 2.25 bits per heavy atom. The highest BCUT2D eigenvalue weighted by molar-refractivity contribution is 8.19. The number of halogens is 1. The first kappa shape index (κ1) is 13.5. The number of hydrogen-bond acceptors (Lipinski definition) is 4. The summed E-state index contributed by atoms with van der Waals surface area (Å²) in [6.07, 6.45) is 1.79. The second-order valence-corrected chi connectivity index (χ2v) is 6.15. The van der Waals surface area contributed by atoms with E-state index in [2.05, 4.69) is 10.3 Å². The average molecular weight is 321 g/mol. The maximum atomic E-state index is 11.3. The summed E-state index contributed by atoms with van der Waals surface area (Å²) in [5.41, 5.74) is 2.72. The van der Waals surface area contributed by atoms with Gasteiger partial charge in [-0.25, -0.2) is 4.98 Å². The summed E-state index contributed by atoms with van der Waals surface area (Å²) in [6, 6.07) is 7.91. The zero-order chi connectivity index (χ0) is 14.3. The summed E-state index contributed by atoms with van der Waals surface area (Å²) in [7, 11) is 0. The second-order valence-electron chi connectivity index (χ2n) is 4.37. The van der Waals surface area contributed by atoms with E-state index < -0.39 is 0 Å². The molecule has 1 aromatic carbocycles. The number of nitrogens with zero attached hydrogens (tertiary/aromatic N) is 1. The lowest BCUT2D eigenvalue weighted by molar-refractivity contribution is 0.265. The van der Waals surface area contributed by atoms with Crippen LogP contribution >= 0.6 is 35.6 Å². The van der Waals surface area contributed by atoms with Crippen molar-refractivity contribution in [3.05, 3.63) is 45.5 Å². The number of amides is 1. The van der Waals surface area contributed by atoms with Gasteiger partial charge in [0.15, 0.2) is 0 Å². The summed E-state index contributed by atoms with van der Waals surface area (Å²) >= 11 is 12.4. The van der Waals surface area contributed by atoms with Crippen molar-refractivity contribution in [3.63, 3.8) is 0 Å². The Balaban J connectivity index is 2.13. The standard InChI is InChI=1S/C14H9ClN2OS2/c1-7-3-2-4-8-5-9(12(15)16-11(7)8)6-10-13(19)17-14(18)20-10/h2-6H,1H3,(H,17,18,19). The molecule has 1 amide bonds. The zero-order valence-corrected chi connectivity index (χ0v) is 12.8. The topological polar surface area (TPSA) is 42.0 Å². The van der Waals surface area contributed by atoms with Gasteiger partial charge in [-0.2, -0.15) is 0 Å². The van der Waals surface area contributed by atoms with E-state index in [1.807, 2.05) is 31.2 Å². The number of aromatic nitrogens is 1. The molecular weight excluding hydrogens is 312 g/mol. The van der Waals surface area contributed by atoms with E-state index in [1.54, 1.807) is 6.08 Å². The van der Waals surface area contributed by atoms with Crippen LogP contribution in [0.5, 0.6) is 0 Å². The number of rotatable bonds is 1. The summed E-state index contributed by atoms with van der Waals surface area (Å²) in [6.45, 7) is 1.99. The van der Waals surface area contributed by atoms with E-state index in [-0.39, 0.29) is 5.24 Å². The Hall–Kier alpha value is -1.43. The summed E-state index contributed by atoms with van der Waals surface area (Å²) in [5, 5.41) is 3.83. The first-order valence-electron chi connectivity index (χ1n) is 5.85. The fraction of sp³-hybridized carbons (Fsp3) is 0.0714. The molecule has 1 aliphatic rings. The van der Waals surface area contributed by atoms with E-state index in [0.717, 1.165) is 33.8 Å². The molecule has 3 rings (SSSR count). The molecule has 100 valence electrons. The van der Waals surface area contributed by atoms with E-state index in [4.69, 9.17) is 23.8 Å². The van der Waals surface area contributed by atoms with Crippen molar-refractivity contribution in [1.82, 2.24) is 10.3 Å². The highest BCUT2D eigenvalue weighted by Gasteiger charge is 2.22. The van der Waals surface area contributed by atoms with Gasteiger partial charge in [0.2, 0.25) is 0 Å². The Kier molecular flexibility index (Phi) is 3.50. The molecule has 2 heterocycles. The maximum Gasteiger partial charge on any atom is 0.289 e. The third kappa shape index (κ3) is 2.44. The van der Waals surface area contributed by atoms with Gasteiger partial charge in [0.25, 0.3) is 5.24 Å². The van der Waals surface area contributed by atoms with Crippen LogP contribution < -0.4 is 5.32 Å². The van der Waals surface area contributed by atoms with Crippen LogP contribution in [-0.4, -0.2) is 15.2 Å². The van der Waals surface area contributed by atoms with Gasteiger partial charge in [-0.1, -0.05) is 42.0 Å². The summed E-state index contributed by atoms with van der Waals surface area (Å²) < 4.78 is 0. The highest BCUT2D eigenvalue weighted by atomic mass is 35.5. The van der Waals surface area contributed by atoms with E-state index in [1.165, 1.54) is 0 Å². The number of benzene rings is 1. The molecule has 0 bridgehead atoms. The Bertz CT molecular complexity index is 786. The van der Waals surface area contributed by atoms with Crippen molar-refractivity contribution in [1.29, 1.82) is 0 Å². The van der Waals surface area contributed by atoms with Gasteiger partial charge in [-0.3, -0.25) is 4.79 Å². The number of nitrogens with one attached hydrogen (secondary N) is 1. The van der Waals surface area contributed by atoms with Crippen LogP contribution in [-0.2, 0) is 0 Å². The molecule has 1 aliphatic heterocycles. The normalized spacial score (nSPS) is 17.0. The predicted octanol–water partition coefficient (Wildman–Crippen LogP) is 4.32. The largest absolute Gasteiger partial charge is 0.307 e. The number of aryl methyl sites for hydroxylation is 1. The number of thioether (sulfide) groups is 1. The molecule has 1 aromatic heterocycles. The smallest absolute Gasteiger partial charge is 0.289 e. The van der Waals surface area contributed by atoms with Crippen LogP contribution in [0.25, 0.3) is 17.0 Å². The molecule has 20 heavy (non-hydrogen) atoms. The monoisotopic (exact) mass is 320 g/mol. The van der Waals surface area contributed by atoms with E-state index in [0.29, 0.717) is 15.0 Å². The summed E-state index contributed by atoms with van der Waals surface area (Å²) in [5.74, 6) is 0. The quantitative estimate of drug-likeness (QED) is 0.482. The lowest BCUT2D eigenvalue weighted by Gasteiger charge is -2.05. The molecule has 0 unspecified atom stereocenters. The molecule has 2 aromatic rings. The lowest BCUT2D eigenvalue weighted by Crippen LogP contribution is -2.15. The molecule has 0 aliphatic carbocycles. The van der Waals surface area contributed by atoms with Crippen LogP contribution in [0.4, 0.5) is 4.79 Å². The predicted molar refractivity (Wildman–Crippen MR) is 88.2 cm³/mol. The maximum absolute atomic E-state index is 11.3. The number of carbonyl (C=O) groups excluding carboxylic acids is 1. The minimum atomic E-state index is -0.165. The number of pyridine rings is 1. The van der Waals surface area contributed by atoms with Crippen molar-refractivity contribution >= 4 is 62.8 Å². The molecule has 3 nitrogen and oxygen atoms in total. The van der Waals surface area contributed by atoms with E-state index >= 15 is 0 Å². The lowest BCUT2D eigenvalue weighted by atomic mass is 10.1. The molecule has 0 spiro atoms. The van der Waals surface area contributed by atoms with Crippen LogP contribution in [0.15, 0.2) is 29.2 Å². The molecular formula is C14H9ClN2OS2. The van der Waals surface area contributed by atoms with Crippen LogP contribution in [0.2, 0.25) is 5.15 Å². The summed E-state index contributed by atoms with van der Waals surface area (Å²) in [4.78, 5) is 16.8. The minimum absolute atomic E-state index is 0.165. The number of thiocarbonyl (C=S) groups is 1. The van der Waals surface area contributed by atoms with Crippen molar-refractivity contribution in [2.24, 2.45) is 0 Å². The Labute approximate surface area is 130 Å². The van der Waals surface area contributed by atoms with Crippen molar-refractivity contribution in [2.75, 3.05) is 0 Å². The van der Waals surface area contributed by atoms with Crippen molar-refractivity contribution in [3.8, 4) is 0 Å². The fourth-order valence-corrected chi connectivity index (χ4v) is 3.22. The number of carbonyl (C=O) groups is 1. The van der Waals surface area contributed by atoms with Gasteiger partial charge in [-0.05, 0) is 36.4 Å². The third-order valence-electron chi connectivity index (χ3n) is 2.96. The average Bonchev–Trinajstić information content (AvgIpc) is 2.70. The molecule has 0 saturated carbocycles. The second kappa shape index (κ2) is 5.16. The molecule has 0 atom stereocenters. The molecule has 6 heteroatoms. The van der Waals surface area contributed by atoms with Crippen LogP contribution in [0, 0.1) is 6.92 Å². The number of fused-ring (bicyclic) bond motifs is 1. The first-order valence-corrected chi connectivity index (χ1v) is 7.45. The number of hydrogen-bond donors (Lipinski definition) is 1. The Morgan fingerprint density at radius 3 is 2.95 bits per heavy atom. The van der Waals surface area contributed by atoms with Crippen LogP contribution in [0.1, 0.15) is 11.1 Å². The number of para-hydroxylation sites is 1. The van der Waals surface area contributed by atoms with Crippen molar-refractivity contribution < 1.29 is 4.79 Å². The van der Waals surface area contributed by atoms with Crippen molar-refractivity contribution in [2.45, 2.75) is 6.92 Å². The minimum Gasteiger partial charge on any atom is -0.307 e. The van der Waals surface area contributed by atoms with E-state index in [9.17, 15) is 4.79 Å².